The Morgan fingerprint density at radius 2 is 1.56 bits per heavy atom. The third kappa shape index (κ3) is 4.31. The van der Waals surface area contributed by atoms with Gasteiger partial charge in [0.05, 0.1) is 12.0 Å². The third-order valence-corrected chi connectivity index (χ3v) is 2.32. The Balaban J connectivity index is 5.03. The standard InChI is InChI=1S/C13H19NO2/c1-10(2)5-7-13(9-14,12(15)16)8-6-11(3)4/h5-6H,7-8H2,1-4H3,(H,15,16)/p-1. The molecule has 0 aliphatic rings. The van der Waals surface area contributed by atoms with E-state index in [-0.39, 0.29) is 12.8 Å². The molecule has 0 aliphatic heterocycles. The minimum atomic E-state index is -1.44. The first-order valence-electron chi connectivity index (χ1n) is 5.23. The van der Waals surface area contributed by atoms with Gasteiger partial charge in [-0.25, -0.2) is 0 Å². The molecule has 0 amide bonds. The van der Waals surface area contributed by atoms with E-state index in [2.05, 4.69) is 0 Å². The van der Waals surface area contributed by atoms with E-state index in [1.807, 2.05) is 33.8 Å². The van der Waals surface area contributed by atoms with Crippen LogP contribution in [0.1, 0.15) is 40.5 Å². The molecule has 3 heteroatoms. The summed E-state index contributed by atoms with van der Waals surface area (Å²) in [7, 11) is 0. The van der Waals surface area contributed by atoms with Gasteiger partial charge in [0.2, 0.25) is 0 Å². The lowest BCUT2D eigenvalue weighted by atomic mass is 9.81. The molecule has 0 radical (unpaired) electrons. The summed E-state index contributed by atoms with van der Waals surface area (Å²) in [6.45, 7) is 7.49. The monoisotopic (exact) mass is 220 g/mol. The summed E-state index contributed by atoms with van der Waals surface area (Å²) < 4.78 is 0. The molecule has 0 spiro atoms. The number of nitriles is 1. The lowest BCUT2D eigenvalue weighted by molar-refractivity contribution is -0.315. The van der Waals surface area contributed by atoms with Gasteiger partial charge in [-0.1, -0.05) is 23.3 Å². The van der Waals surface area contributed by atoms with Crippen LogP contribution in [0.2, 0.25) is 0 Å². The molecule has 0 aliphatic carbocycles. The average molecular weight is 220 g/mol. The maximum Gasteiger partial charge on any atom is 0.103 e. The number of carbonyl (C=O) groups is 1. The molecule has 88 valence electrons. The molecule has 0 bridgehead atoms. The van der Waals surface area contributed by atoms with Crippen molar-refractivity contribution in [2.24, 2.45) is 5.41 Å². The van der Waals surface area contributed by atoms with Gasteiger partial charge in [-0.3, -0.25) is 0 Å². The molecule has 0 unspecified atom stereocenters. The lowest BCUT2D eigenvalue weighted by Crippen LogP contribution is -2.41. The van der Waals surface area contributed by atoms with E-state index < -0.39 is 11.4 Å². The maximum absolute atomic E-state index is 11.1. The molecule has 0 fully saturated rings. The molecule has 0 atom stereocenters. The first kappa shape index (κ1) is 14.4. The highest BCUT2D eigenvalue weighted by Gasteiger charge is 2.29. The zero-order valence-electron chi connectivity index (χ0n) is 10.3. The number of carboxylic acids is 1. The lowest BCUT2D eigenvalue weighted by Gasteiger charge is -2.25. The van der Waals surface area contributed by atoms with E-state index in [4.69, 9.17) is 5.26 Å². The second kappa shape index (κ2) is 6.12. The smallest absolute Gasteiger partial charge is 0.103 e. The van der Waals surface area contributed by atoms with Crippen LogP contribution in [0.3, 0.4) is 0 Å². The second-order valence-electron chi connectivity index (χ2n) is 4.45. The quantitative estimate of drug-likeness (QED) is 0.665. The van der Waals surface area contributed by atoms with Crippen molar-refractivity contribution in [1.29, 1.82) is 5.26 Å². The topological polar surface area (TPSA) is 63.9 Å². The van der Waals surface area contributed by atoms with Gasteiger partial charge in [0.1, 0.15) is 5.41 Å². The van der Waals surface area contributed by atoms with Crippen molar-refractivity contribution in [3.05, 3.63) is 23.3 Å². The molecule has 0 rings (SSSR count). The fourth-order valence-corrected chi connectivity index (χ4v) is 1.14. The predicted molar refractivity (Wildman–Crippen MR) is 61.1 cm³/mol. The summed E-state index contributed by atoms with van der Waals surface area (Å²) >= 11 is 0. The Kier molecular flexibility index (Phi) is 5.52. The third-order valence-electron chi connectivity index (χ3n) is 2.32. The highest BCUT2D eigenvalue weighted by Crippen LogP contribution is 2.27. The summed E-state index contributed by atoms with van der Waals surface area (Å²) in [5.74, 6) is -1.30. The molecule has 3 nitrogen and oxygen atoms in total. The number of nitrogens with zero attached hydrogens (tertiary/aromatic N) is 1. The number of hydrogen-bond donors (Lipinski definition) is 0. The zero-order valence-corrected chi connectivity index (χ0v) is 10.3. The van der Waals surface area contributed by atoms with Crippen LogP contribution in [-0.2, 0) is 4.79 Å². The van der Waals surface area contributed by atoms with Crippen molar-refractivity contribution < 1.29 is 9.90 Å². The van der Waals surface area contributed by atoms with Gasteiger partial charge >= 0.3 is 0 Å². The van der Waals surface area contributed by atoms with E-state index in [9.17, 15) is 9.90 Å². The Labute approximate surface area is 97.1 Å². The van der Waals surface area contributed by atoms with Crippen molar-refractivity contribution in [3.8, 4) is 6.07 Å². The van der Waals surface area contributed by atoms with Crippen LogP contribution in [0.5, 0.6) is 0 Å². The van der Waals surface area contributed by atoms with Crippen molar-refractivity contribution >= 4 is 5.97 Å². The molecular weight excluding hydrogens is 202 g/mol. The average Bonchev–Trinajstić information content (AvgIpc) is 2.17. The fourth-order valence-electron chi connectivity index (χ4n) is 1.14. The Bertz CT molecular complexity index is 331. The molecule has 16 heavy (non-hydrogen) atoms. The molecule has 0 heterocycles. The van der Waals surface area contributed by atoms with Gasteiger partial charge in [0.25, 0.3) is 0 Å². The van der Waals surface area contributed by atoms with Crippen LogP contribution in [0.4, 0.5) is 0 Å². The fraction of sp³-hybridized carbons (Fsp3) is 0.538. The maximum atomic E-state index is 11.1. The van der Waals surface area contributed by atoms with E-state index in [0.717, 1.165) is 11.1 Å². The number of carbonyl (C=O) groups excluding carboxylic acids is 1. The van der Waals surface area contributed by atoms with Gasteiger partial charge in [-0.05, 0) is 40.5 Å². The van der Waals surface area contributed by atoms with Gasteiger partial charge in [-0.2, -0.15) is 5.26 Å². The van der Waals surface area contributed by atoms with Crippen molar-refractivity contribution in [1.82, 2.24) is 0 Å². The SMILES string of the molecule is CC(C)=CCC(C#N)(CC=C(C)C)C(=O)[O-]. The molecule has 0 aromatic carbocycles. The van der Waals surface area contributed by atoms with E-state index in [1.165, 1.54) is 0 Å². The van der Waals surface area contributed by atoms with Crippen LogP contribution >= 0.6 is 0 Å². The van der Waals surface area contributed by atoms with Crippen molar-refractivity contribution in [2.45, 2.75) is 40.5 Å². The van der Waals surface area contributed by atoms with Gasteiger partial charge < -0.3 is 9.90 Å². The highest BCUT2D eigenvalue weighted by atomic mass is 16.4. The number of hydrogen-bond acceptors (Lipinski definition) is 3. The number of aliphatic carboxylic acids is 1. The Hall–Kier alpha value is -1.56. The summed E-state index contributed by atoms with van der Waals surface area (Å²) in [6, 6.07) is 1.87. The Morgan fingerprint density at radius 3 is 1.75 bits per heavy atom. The summed E-state index contributed by atoms with van der Waals surface area (Å²) in [4.78, 5) is 11.1. The van der Waals surface area contributed by atoms with Crippen LogP contribution in [-0.4, -0.2) is 5.97 Å². The minimum absolute atomic E-state index is 0.192. The van der Waals surface area contributed by atoms with Crippen LogP contribution in [0, 0.1) is 16.7 Å². The van der Waals surface area contributed by atoms with Crippen molar-refractivity contribution in [2.75, 3.05) is 0 Å². The van der Waals surface area contributed by atoms with E-state index in [1.54, 1.807) is 12.2 Å². The zero-order chi connectivity index (χ0) is 12.8. The minimum Gasteiger partial charge on any atom is -0.548 e. The normalized spacial score (nSPS) is 10.2. The molecule has 0 N–H and O–H groups in total. The number of rotatable bonds is 5. The van der Waals surface area contributed by atoms with Crippen LogP contribution in [0.15, 0.2) is 23.3 Å². The molecule has 0 saturated carbocycles. The van der Waals surface area contributed by atoms with Gasteiger partial charge in [-0.15, -0.1) is 0 Å². The molecule has 0 saturated heterocycles. The largest absolute Gasteiger partial charge is 0.548 e. The molecular formula is C13H18NO2-. The van der Waals surface area contributed by atoms with Crippen molar-refractivity contribution in [3.63, 3.8) is 0 Å². The highest BCUT2D eigenvalue weighted by molar-refractivity contribution is 5.76. The number of carboxylic acid groups (broad SMARTS) is 1. The van der Waals surface area contributed by atoms with E-state index >= 15 is 0 Å². The number of allylic oxidation sites excluding steroid dienone is 4. The summed E-state index contributed by atoms with van der Waals surface area (Å²) in [6.07, 6.45) is 3.91. The predicted octanol–water partition coefficient (Wildman–Crippen LogP) is 1.96. The van der Waals surface area contributed by atoms with Crippen LogP contribution in [0.25, 0.3) is 0 Å². The first-order valence-corrected chi connectivity index (χ1v) is 5.23. The van der Waals surface area contributed by atoms with Gasteiger partial charge in [0.15, 0.2) is 0 Å². The Morgan fingerprint density at radius 1 is 1.19 bits per heavy atom. The van der Waals surface area contributed by atoms with E-state index in [0.29, 0.717) is 0 Å². The van der Waals surface area contributed by atoms with Crippen LogP contribution < -0.4 is 5.11 Å². The van der Waals surface area contributed by atoms with Gasteiger partial charge in [0, 0.05) is 0 Å². The molecule has 0 aromatic rings. The first-order chi connectivity index (χ1) is 7.34. The second-order valence-corrected chi connectivity index (χ2v) is 4.45. The molecule has 0 aromatic heterocycles. The summed E-state index contributed by atoms with van der Waals surface area (Å²) in [5, 5.41) is 20.1. The summed E-state index contributed by atoms with van der Waals surface area (Å²) in [5.41, 5.74) is 0.560.